The van der Waals surface area contributed by atoms with Gasteiger partial charge in [0.2, 0.25) is 0 Å². The second-order valence-electron chi connectivity index (χ2n) is 2.67. The van der Waals surface area contributed by atoms with Crippen molar-refractivity contribution in [1.82, 2.24) is 0 Å². The van der Waals surface area contributed by atoms with Gasteiger partial charge in [-0.15, -0.1) is 0 Å². The van der Waals surface area contributed by atoms with Gasteiger partial charge < -0.3 is 0 Å². The second-order valence-corrected chi connectivity index (χ2v) is 2.67. The Morgan fingerprint density at radius 3 is 2.69 bits per heavy atom. The van der Waals surface area contributed by atoms with Crippen LogP contribution in [-0.2, 0) is 0 Å². The summed E-state index contributed by atoms with van der Waals surface area (Å²) in [6.07, 6.45) is 2.15. The third kappa shape index (κ3) is 1.99. The van der Waals surface area contributed by atoms with Gasteiger partial charge in [-0.25, -0.2) is 4.39 Å². The second kappa shape index (κ2) is 3.94. The SMILES string of the molecule is CC=Nc1cc(C)c(C=O)cc1F. The van der Waals surface area contributed by atoms with Crippen LogP contribution in [0.4, 0.5) is 10.1 Å². The smallest absolute Gasteiger partial charge is 0.150 e. The number of carbonyl (C=O) groups is 1. The summed E-state index contributed by atoms with van der Waals surface area (Å²) in [7, 11) is 0. The Morgan fingerprint density at radius 2 is 2.15 bits per heavy atom. The minimum atomic E-state index is -0.467. The monoisotopic (exact) mass is 179 g/mol. The Labute approximate surface area is 76.1 Å². The average Bonchev–Trinajstić information content (AvgIpc) is 2.11. The number of aliphatic imine (C=N–C) groups is 1. The molecule has 13 heavy (non-hydrogen) atoms. The molecule has 0 atom stereocenters. The predicted octanol–water partition coefficient (Wildman–Crippen LogP) is 2.67. The zero-order valence-electron chi connectivity index (χ0n) is 7.54. The van der Waals surface area contributed by atoms with Crippen LogP contribution >= 0.6 is 0 Å². The topological polar surface area (TPSA) is 29.4 Å². The van der Waals surface area contributed by atoms with E-state index >= 15 is 0 Å². The lowest BCUT2D eigenvalue weighted by molar-refractivity contribution is 0.112. The number of hydrogen-bond donors (Lipinski definition) is 0. The molecule has 1 rings (SSSR count). The lowest BCUT2D eigenvalue weighted by Gasteiger charge is -2.01. The van der Waals surface area contributed by atoms with Crippen molar-refractivity contribution >= 4 is 18.2 Å². The fourth-order valence-electron chi connectivity index (χ4n) is 1.05. The summed E-state index contributed by atoms with van der Waals surface area (Å²) in [6.45, 7) is 3.46. The van der Waals surface area contributed by atoms with E-state index in [9.17, 15) is 9.18 Å². The van der Waals surface area contributed by atoms with Crippen molar-refractivity contribution in [3.63, 3.8) is 0 Å². The third-order valence-corrected chi connectivity index (χ3v) is 1.73. The zero-order chi connectivity index (χ0) is 9.84. The molecule has 0 saturated carbocycles. The first-order valence-electron chi connectivity index (χ1n) is 3.93. The molecule has 0 aliphatic heterocycles. The van der Waals surface area contributed by atoms with Gasteiger partial charge in [0.05, 0.1) is 5.69 Å². The molecule has 68 valence electrons. The standard InChI is InChI=1S/C10H10FNO/c1-3-12-10-4-7(2)8(6-13)5-9(10)11/h3-6H,1-2H3. The Balaban J connectivity index is 3.27. The highest BCUT2D eigenvalue weighted by molar-refractivity contribution is 5.78. The fraction of sp³-hybridized carbons (Fsp3) is 0.200. The number of halogens is 1. The molecule has 0 saturated heterocycles. The summed E-state index contributed by atoms with van der Waals surface area (Å²) < 4.78 is 13.1. The summed E-state index contributed by atoms with van der Waals surface area (Å²) in [4.78, 5) is 14.3. The number of aryl methyl sites for hydroxylation is 1. The van der Waals surface area contributed by atoms with E-state index in [1.165, 1.54) is 12.3 Å². The van der Waals surface area contributed by atoms with Crippen molar-refractivity contribution in [2.45, 2.75) is 13.8 Å². The molecule has 0 aliphatic carbocycles. The lowest BCUT2D eigenvalue weighted by atomic mass is 10.1. The van der Waals surface area contributed by atoms with Gasteiger partial charge in [-0.2, -0.15) is 0 Å². The summed E-state index contributed by atoms with van der Waals surface area (Å²) in [5.74, 6) is -0.467. The maximum Gasteiger partial charge on any atom is 0.150 e. The van der Waals surface area contributed by atoms with Crippen molar-refractivity contribution in [3.05, 3.63) is 29.1 Å². The Kier molecular flexibility index (Phi) is 2.90. The first-order valence-corrected chi connectivity index (χ1v) is 3.93. The number of aldehydes is 1. The molecule has 0 heterocycles. The molecule has 0 radical (unpaired) electrons. The van der Waals surface area contributed by atoms with Crippen LogP contribution in [-0.4, -0.2) is 12.5 Å². The largest absolute Gasteiger partial charge is 0.298 e. The van der Waals surface area contributed by atoms with E-state index in [1.807, 2.05) is 0 Å². The third-order valence-electron chi connectivity index (χ3n) is 1.73. The number of carbonyl (C=O) groups excluding carboxylic acids is 1. The van der Waals surface area contributed by atoms with E-state index in [0.29, 0.717) is 11.8 Å². The molecular weight excluding hydrogens is 169 g/mol. The van der Waals surface area contributed by atoms with Crippen LogP contribution in [0.2, 0.25) is 0 Å². The molecule has 0 unspecified atom stereocenters. The molecule has 0 N–H and O–H groups in total. The Bertz CT molecular complexity index is 358. The number of nitrogens with zero attached hydrogens (tertiary/aromatic N) is 1. The molecule has 0 fully saturated rings. The molecule has 2 nitrogen and oxygen atoms in total. The van der Waals surface area contributed by atoms with E-state index in [4.69, 9.17) is 0 Å². The highest BCUT2D eigenvalue weighted by atomic mass is 19.1. The normalized spacial score (nSPS) is 10.7. The van der Waals surface area contributed by atoms with Gasteiger partial charge in [-0.05, 0) is 31.5 Å². The molecule has 3 heteroatoms. The maximum atomic E-state index is 13.1. The quantitative estimate of drug-likeness (QED) is 0.507. The highest BCUT2D eigenvalue weighted by Gasteiger charge is 2.04. The summed E-state index contributed by atoms with van der Waals surface area (Å²) in [5.41, 5.74) is 1.37. The lowest BCUT2D eigenvalue weighted by Crippen LogP contribution is -1.88. The van der Waals surface area contributed by atoms with E-state index in [0.717, 1.165) is 5.56 Å². The first kappa shape index (κ1) is 9.58. The molecular formula is C10H10FNO. The van der Waals surface area contributed by atoms with Gasteiger partial charge >= 0.3 is 0 Å². The van der Waals surface area contributed by atoms with Crippen molar-refractivity contribution in [2.24, 2.45) is 4.99 Å². The summed E-state index contributed by atoms with van der Waals surface area (Å²) in [5, 5.41) is 0. The Hall–Kier alpha value is -1.51. The molecule has 0 spiro atoms. The minimum absolute atomic E-state index is 0.269. The molecule has 1 aromatic rings. The van der Waals surface area contributed by atoms with Crippen LogP contribution in [0, 0.1) is 12.7 Å². The van der Waals surface area contributed by atoms with Crippen molar-refractivity contribution in [1.29, 1.82) is 0 Å². The van der Waals surface area contributed by atoms with Gasteiger partial charge in [0, 0.05) is 11.8 Å². The molecule has 1 aromatic carbocycles. The van der Waals surface area contributed by atoms with Crippen molar-refractivity contribution in [3.8, 4) is 0 Å². The molecule has 0 aromatic heterocycles. The minimum Gasteiger partial charge on any atom is -0.298 e. The van der Waals surface area contributed by atoms with Crippen LogP contribution in [0.3, 0.4) is 0 Å². The first-order chi connectivity index (χ1) is 6.19. The fourth-order valence-corrected chi connectivity index (χ4v) is 1.05. The number of hydrogen-bond acceptors (Lipinski definition) is 2. The highest BCUT2D eigenvalue weighted by Crippen LogP contribution is 2.21. The summed E-state index contributed by atoms with van der Waals surface area (Å²) in [6, 6.07) is 2.75. The van der Waals surface area contributed by atoms with Gasteiger partial charge in [0.15, 0.2) is 0 Å². The van der Waals surface area contributed by atoms with Crippen molar-refractivity contribution in [2.75, 3.05) is 0 Å². The van der Waals surface area contributed by atoms with Crippen LogP contribution in [0.5, 0.6) is 0 Å². The van der Waals surface area contributed by atoms with Crippen LogP contribution in [0.25, 0.3) is 0 Å². The Morgan fingerprint density at radius 1 is 1.46 bits per heavy atom. The zero-order valence-corrected chi connectivity index (χ0v) is 7.54. The van der Waals surface area contributed by atoms with Gasteiger partial charge in [-0.3, -0.25) is 9.79 Å². The van der Waals surface area contributed by atoms with E-state index < -0.39 is 5.82 Å². The summed E-state index contributed by atoms with van der Waals surface area (Å²) >= 11 is 0. The molecule has 0 bridgehead atoms. The van der Waals surface area contributed by atoms with E-state index in [-0.39, 0.29) is 5.69 Å². The van der Waals surface area contributed by atoms with Crippen LogP contribution in [0.15, 0.2) is 17.1 Å². The van der Waals surface area contributed by atoms with Gasteiger partial charge in [0.25, 0.3) is 0 Å². The molecule has 0 aliphatic rings. The van der Waals surface area contributed by atoms with Gasteiger partial charge in [-0.1, -0.05) is 0 Å². The predicted molar refractivity (Wildman–Crippen MR) is 50.4 cm³/mol. The van der Waals surface area contributed by atoms with Gasteiger partial charge in [0.1, 0.15) is 12.1 Å². The van der Waals surface area contributed by atoms with E-state index in [1.54, 1.807) is 19.9 Å². The molecule has 0 amide bonds. The maximum absolute atomic E-state index is 13.1. The average molecular weight is 179 g/mol. The van der Waals surface area contributed by atoms with E-state index in [2.05, 4.69) is 4.99 Å². The van der Waals surface area contributed by atoms with Crippen LogP contribution < -0.4 is 0 Å². The number of rotatable bonds is 2. The number of benzene rings is 1. The van der Waals surface area contributed by atoms with Crippen molar-refractivity contribution < 1.29 is 9.18 Å². The van der Waals surface area contributed by atoms with Crippen LogP contribution in [0.1, 0.15) is 22.8 Å².